The normalized spacial score (nSPS) is 22.2. The molecule has 94 valence electrons. The van der Waals surface area contributed by atoms with Crippen LogP contribution in [-0.4, -0.2) is 41.1 Å². The third kappa shape index (κ3) is 4.49. The molecule has 1 atom stereocenters. The molecule has 0 bridgehead atoms. The number of carbonyl (C=O) groups is 1. The van der Waals surface area contributed by atoms with E-state index in [0.29, 0.717) is 12.3 Å². The maximum absolute atomic E-state index is 11.9. The van der Waals surface area contributed by atoms with Gasteiger partial charge in [0, 0.05) is 31.7 Å². The van der Waals surface area contributed by atoms with Gasteiger partial charge in [0.05, 0.1) is 0 Å². The smallest absolute Gasteiger partial charge is 0.224 e. The highest BCUT2D eigenvalue weighted by Crippen LogP contribution is 2.20. The average molecular weight is 228 g/mol. The van der Waals surface area contributed by atoms with Gasteiger partial charge in [-0.25, -0.2) is 0 Å². The predicted molar refractivity (Wildman–Crippen MR) is 63.9 cm³/mol. The zero-order valence-corrected chi connectivity index (χ0v) is 10.4. The fourth-order valence-electron chi connectivity index (χ4n) is 2.21. The van der Waals surface area contributed by atoms with Gasteiger partial charge in [0.2, 0.25) is 5.91 Å². The van der Waals surface area contributed by atoms with Gasteiger partial charge in [-0.2, -0.15) is 0 Å². The molecule has 1 heterocycles. The Kier molecular flexibility index (Phi) is 4.74. The first-order valence-corrected chi connectivity index (χ1v) is 6.10. The molecule has 0 aliphatic carbocycles. The first kappa shape index (κ1) is 13.5. The minimum atomic E-state index is -0.430. The molecule has 0 aromatic heterocycles. The number of amides is 1. The third-order valence-corrected chi connectivity index (χ3v) is 3.02. The van der Waals surface area contributed by atoms with Crippen LogP contribution in [0, 0.1) is 5.92 Å². The second kappa shape index (κ2) is 5.64. The summed E-state index contributed by atoms with van der Waals surface area (Å²) in [7, 11) is 0. The number of piperidine rings is 1. The first-order chi connectivity index (χ1) is 7.42. The highest BCUT2D eigenvalue weighted by molar-refractivity contribution is 5.77. The van der Waals surface area contributed by atoms with Crippen LogP contribution >= 0.6 is 0 Å². The van der Waals surface area contributed by atoms with Crippen molar-refractivity contribution >= 4 is 5.91 Å². The van der Waals surface area contributed by atoms with Crippen molar-refractivity contribution in [1.82, 2.24) is 4.90 Å². The van der Waals surface area contributed by atoms with Crippen molar-refractivity contribution in [3.63, 3.8) is 0 Å². The van der Waals surface area contributed by atoms with Gasteiger partial charge in [-0.1, -0.05) is 0 Å². The lowest BCUT2D eigenvalue weighted by Gasteiger charge is -2.34. The number of hydrogen-bond donors (Lipinski definition) is 2. The van der Waals surface area contributed by atoms with Gasteiger partial charge >= 0.3 is 0 Å². The van der Waals surface area contributed by atoms with E-state index in [1.54, 1.807) is 0 Å². The molecule has 1 rings (SSSR count). The second-order valence-electron chi connectivity index (χ2n) is 5.53. The summed E-state index contributed by atoms with van der Waals surface area (Å²) in [4.78, 5) is 13.8. The van der Waals surface area contributed by atoms with E-state index < -0.39 is 5.54 Å². The van der Waals surface area contributed by atoms with Crippen LogP contribution in [0.3, 0.4) is 0 Å². The van der Waals surface area contributed by atoms with E-state index in [-0.39, 0.29) is 12.5 Å². The molecule has 1 unspecified atom stereocenters. The van der Waals surface area contributed by atoms with Crippen LogP contribution in [0.15, 0.2) is 0 Å². The minimum Gasteiger partial charge on any atom is -0.396 e. The summed E-state index contributed by atoms with van der Waals surface area (Å²) in [6.45, 7) is 5.60. The molecule has 0 saturated carbocycles. The summed E-state index contributed by atoms with van der Waals surface area (Å²) in [5, 5.41) is 8.91. The molecule has 4 nitrogen and oxygen atoms in total. The Hall–Kier alpha value is -0.610. The number of nitrogens with zero attached hydrogens (tertiary/aromatic N) is 1. The van der Waals surface area contributed by atoms with Gasteiger partial charge in [0.15, 0.2) is 0 Å². The molecule has 3 N–H and O–H groups in total. The number of hydrogen-bond acceptors (Lipinski definition) is 3. The molecule has 0 aromatic rings. The largest absolute Gasteiger partial charge is 0.396 e. The first-order valence-electron chi connectivity index (χ1n) is 6.10. The lowest BCUT2D eigenvalue weighted by atomic mass is 9.94. The molecule has 1 saturated heterocycles. The van der Waals surface area contributed by atoms with Crippen LogP contribution in [0.5, 0.6) is 0 Å². The summed E-state index contributed by atoms with van der Waals surface area (Å²) in [6.07, 6.45) is 3.37. The molecular weight excluding hydrogens is 204 g/mol. The minimum absolute atomic E-state index is 0.148. The van der Waals surface area contributed by atoms with E-state index in [4.69, 9.17) is 10.8 Å². The second-order valence-corrected chi connectivity index (χ2v) is 5.53. The Morgan fingerprint density at radius 2 is 2.25 bits per heavy atom. The summed E-state index contributed by atoms with van der Waals surface area (Å²) in [5.41, 5.74) is 5.42. The van der Waals surface area contributed by atoms with Gasteiger partial charge in [-0.3, -0.25) is 4.79 Å². The summed E-state index contributed by atoms with van der Waals surface area (Å²) in [6, 6.07) is 0. The van der Waals surface area contributed by atoms with Crippen molar-refractivity contribution in [2.24, 2.45) is 11.7 Å². The van der Waals surface area contributed by atoms with Crippen LogP contribution in [0.1, 0.15) is 39.5 Å². The van der Waals surface area contributed by atoms with Crippen LogP contribution in [0.25, 0.3) is 0 Å². The Morgan fingerprint density at radius 1 is 1.56 bits per heavy atom. The molecule has 0 radical (unpaired) electrons. The monoisotopic (exact) mass is 228 g/mol. The Morgan fingerprint density at radius 3 is 2.81 bits per heavy atom. The van der Waals surface area contributed by atoms with Gasteiger partial charge in [-0.05, 0) is 39.0 Å². The van der Waals surface area contributed by atoms with Crippen molar-refractivity contribution < 1.29 is 9.90 Å². The molecule has 0 aromatic carbocycles. The van der Waals surface area contributed by atoms with Crippen LogP contribution in [-0.2, 0) is 4.79 Å². The lowest BCUT2D eigenvalue weighted by molar-refractivity contribution is -0.134. The van der Waals surface area contributed by atoms with Crippen molar-refractivity contribution in [2.75, 3.05) is 19.7 Å². The topological polar surface area (TPSA) is 66.6 Å². The van der Waals surface area contributed by atoms with Crippen molar-refractivity contribution in [3.05, 3.63) is 0 Å². The number of carbonyl (C=O) groups excluding carboxylic acids is 1. The van der Waals surface area contributed by atoms with Crippen molar-refractivity contribution in [3.8, 4) is 0 Å². The Bertz CT molecular complexity index is 234. The van der Waals surface area contributed by atoms with E-state index in [0.717, 1.165) is 32.4 Å². The molecular formula is C12H24N2O2. The third-order valence-electron chi connectivity index (χ3n) is 3.02. The van der Waals surface area contributed by atoms with Crippen molar-refractivity contribution in [2.45, 2.75) is 45.1 Å². The molecule has 0 spiro atoms. The van der Waals surface area contributed by atoms with Crippen molar-refractivity contribution in [1.29, 1.82) is 0 Å². The highest BCUT2D eigenvalue weighted by Gasteiger charge is 2.26. The van der Waals surface area contributed by atoms with Gasteiger partial charge < -0.3 is 15.7 Å². The molecule has 1 amide bonds. The zero-order chi connectivity index (χ0) is 12.2. The fraction of sp³-hybridized carbons (Fsp3) is 0.917. The lowest BCUT2D eigenvalue weighted by Crippen LogP contribution is -2.45. The molecule has 4 heteroatoms. The highest BCUT2D eigenvalue weighted by atomic mass is 16.3. The molecule has 16 heavy (non-hydrogen) atoms. The van der Waals surface area contributed by atoms with E-state index in [1.165, 1.54) is 0 Å². The Labute approximate surface area is 97.8 Å². The van der Waals surface area contributed by atoms with Gasteiger partial charge in [-0.15, -0.1) is 0 Å². The predicted octanol–water partition coefficient (Wildman–Crippen LogP) is 0.735. The number of rotatable bonds is 4. The van der Waals surface area contributed by atoms with E-state index in [2.05, 4.69) is 0 Å². The van der Waals surface area contributed by atoms with Crippen LogP contribution in [0.2, 0.25) is 0 Å². The summed E-state index contributed by atoms with van der Waals surface area (Å²) in [5.74, 6) is 0.610. The number of likely N-dealkylation sites (tertiary alicyclic amines) is 1. The maximum atomic E-state index is 11.9. The van der Waals surface area contributed by atoms with E-state index in [1.807, 2.05) is 18.7 Å². The zero-order valence-electron chi connectivity index (χ0n) is 10.4. The van der Waals surface area contributed by atoms with Gasteiger partial charge in [0.25, 0.3) is 0 Å². The van der Waals surface area contributed by atoms with E-state index in [9.17, 15) is 4.79 Å². The number of aliphatic hydroxyl groups is 1. The van der Waals surface area contributed by atoms with E-state index >= 15 is 0 Å². The average Bonchev–Trinajstić information content (AvgIpc) is 2.16. The standard InChI is InChI=1S/C12H24N2O2/c1-12(2,13)8-11(16)14-6-3-4-10(9-14)5-7-15/h10,15H,3-9,13H2,1-2H3. The molecule has 1 aliphatic rings. The summed E-state index contributed by atoms with van der Waals surface area (Å²) >= 11 is 0. The Balaban J connectivity index is 2.44. The maximum Gasteiger partial charge on any atom is 0.224 e. The molecule has 1 fully saturated rings. The number of nitrogens with two attached hydrogens (primary N) is 1. The molecule has 1 aliphatic heterocycles. The van der Waals surface area contributed by atoms with Crippen LogP contribution in [0.4, 0.5) is 0 Å². The number of aliphatic hydroxyl groups excluding tert-OH is 1. The SMILES string of the molecule is CC(C)(N)CC(=O)N1CCCC(CCO)C1. The quantitative estimate of drug-likeness (QED) is 0.745. The fourth-order valence-corrected chi connectivity index (χ4v) is 2.21. The van der Waals surface area contributed by atoms with Gasteiger partial charge in [0.1, 0.15) is 0 Å². The van der Waals surface area contributed by atoms with Crippen LogP contribution < -0.4 is 5.73 Å². The summed E-state index contributed by atoms with van der Waals surface area (Å²) < 4.78 is 0.